The van der Waals surface area contributed by atoms with E-state index in [1.54, 1.807) is 50.8 Å². The van der Waals surface area contributed by atoms with Gasteiger partial charge >= 0.3 is 12.2 Å². The summed E-state index contributed by atoms with van der Waals surface area (Å²) in [6.45, 7) is 25.2. The molecule has 1 aromatic heterocycles. The van der Waals surface area contributed by atoms with Crippen LogP contribution >= 0.6 is 0 Å². The third kappa shape index (κ3) is 12.4. The Hall–Kier alpha value is -4.74. The molecule has 0 bridgehead atoms. The molecular formula is C47H66F2N4O6. The van der Waals surface area contributed by atoms with Gasteiger partial charge in [-0.1, -0.05) is 40.7 Å². The minimum Gasteiger partial charge on any atom is -0.444 e. The highest BCUT2D eigenvalue weighted by atomic mass is 19.1. The fourth-order valence-corrected chi connectivity index (χ4v) is 7.54. The number of amides is 3. The summed E-state index contributed by atoms with van der Waals surface area (Å²) < 4.78 is 42.5. The van der Waals surface area contributed by atoms with Crippen molar-refractivity contribution in [3.8, 4) is 11.3 Å². The molecule has 10 nitrogen and oxygen atoms in total. The predicted octanol–water partition coefficient (Wildman–Crippen LogP) is 10.4. The van der Waals surface area contributed by atoms with Crippen molar-refractivity contribution < 1.29 is 37.4 Å². The fourth-order valence-electron chi connectivity index (χ4n) is 7.54. The lowest BCUT2D eigenvalue weighted by molar-refractivity contribution is -0.131. The van der Waals surface area contributed by atoms with E-state index in [2.05, 4.69) is 23.4 Å². The van der Waals surface area contributed by atoms with Gasteiger partial charge in [0.15, 0.2) is 5.78 Å². The van der Waals surface area contributed by atoms with Crippen LogP contribution in [0.3, 0.4) is 0 Å². The zero-order chi connectivity index (χ0) is 44.2. The van der Waals surface area contributed by atoms with Crippen molar-refractivity contribution in [1.29, 1.82) is 0 Å². The van der Waals surface area contributed by atoms with Crippen LogP contribution in [0.2, 0.25) is 0 Å². The molecule has 3 atom stereocenters. The first-order valence-electron chi connectivity index (χ1n) is 20.8. The number of ketones is 1. The summed E-state index contributed by atoms with van der Waals surface area (Å²) in [5.41, 5.74) is 1.94. The highest BCUT2D eigenvalue weighted by Crippen LogP contribution is 2.41. The van der Waals surface area contributed by atoms with Crippen molar-refractivity contribution in [1.82, 2.24) is 19.7 Å². The van der Waals surface area contributed by atoms with Gasteiger partial charge in [0.25, 0.3) is 0 Å². The van der Waals surface area contributed by atoms with Crippen LogP contribution in [0, 0.1) is 23.0 Å². The van der Waals surface area contributed by atoms with Gasteiger partial charge in [-0.15, -0.1) is 0 Å². The first-order chi connectivity index (χ1) is 27.3. The Morgan fingerprint density at radius 2 is 1.46 bits per heavy atom. The molecule has 1 aliphatic heterocycles. The van der Waals surface area contributed by atoms with Crippen molar-refractivity contribution >= 4 is 34.8 Å². The van der Waals surface area contributed by atoms with Gasteiger partial charge in [-0.3, -0.25) is 14.5 Å². The molecule has 12 heteroatoms. The smallest absolute Gasteiger partial charge is 0.410 e. The van der Waals surface area contributed by atoms with Crippen molar-refractivity contribution in [2.45, 2.75) is 144 Å². The molecule has 2 heterocycles. The first-order valence-corrected chi connectivity index (χ1v) is 20.8. The van der Waals surface area contributed by atoms with Gasteiger partial charge in [-0.05, 0) is 151 Å². The number of carbonyl (C=O) groups excluding carboxylic acids is 4. The van der Waals surface area contributed by atoms with E-state index in [-0.39, 0.29) is 35.5 Å². The van der Waals surface area contributed by atoms with Crippen LogP contribution in [0.1, 0.15) is 120 Å². The number of aromatic nitrogens is 1. The minimum atomic E-state index is -0.885. The summed E-state index contributed by atoms with van der Waals surface area (Å²) in [5, 5.41) is 3.80. The Balaban J connectivity index is 1.52. The molecule has 1 unspecified atom stereocenters. The molecule has 324 valence electrons. The number of likely N-dealkylation sites (N-methyl/N-ethyl adjacent to an activating group) is 1. The lowest BCUT2D eigenvalue weighted by Gasteiger charge is -2.35. The van der Waals surface area contributed by atoms with Crippen molar-refractivity contribution in [3.05, 3.63) is 71.8 Å². The summed E-state index contributed by atoms with van der Waals surface area (Å²) in [7, 11) is 1.49. The van der Waals surface area contributed by atoms with Gasteiger partial charge in [-0.25, -0.2) is 18.4 Å². The SMILES string of the molecule is C=C(CCC[C@H](C)Cc1c(-c2ccc(F)cc2)n(C2CCN(C(=O)OC(C)(C)C)CC2)c2cc(F)ccc12)C(=O)C(NC(=O)[C@H](C)N(C)C(=O)OC(C)(C)C)C(C)(C)C. The Labute approximate surface area is 349 Å². The van der Waals surface area contributed by atoms with Crippen LogP contribution in [-0.2, 0) is 25.5 Å². The first kappa shape index (κ1) is 46.9. The molecule has 3 aromatic rings. The van der Waals surface area contributed by atoms with E-state index in [9.17, 15) is 23.6 Å². The second-order valence-corrected chi connectivity index (χ2v) is 19.3. The van der Waals surface area contributed by atoms with Gasteiger partial charge in [0.2, 0.25) is 5.91 Å². The minimum absolute atomic E-state index is 0.0478. The number of nitrogens with zero attached hydrogens (tertiary/aromatic N) is 3. The topological polar surface area (TPSA) is 110 Å². The van der Waals surface area contributed by atoms with Gasteiger partial charge < -0.3 is 24.3 Å². The maximum Gasteiger partial charge on any atom is 0.410 e. The molecule has 1 fully saturated rings. The lowest BCUT2D eigenvalue weighted by atomic mass is 9.81. The van der Waals surface area contributed by atoms with Crippen molar-refractivity contribution in [2.75, 3.05) is 20.1 Å². The van der Waals surface area contributed by atoms with Crippen molar-refractivity contribution in [3.63, 3.8) is 0 Å². The van der Waals surface area contributed by atoms with Gasteiger partial charge in [0.05, 0.1) is 17.3 Å². The standard InChI is InChI=1S/C47H66F2N4O6/c1-29(15-14-16-30(2)40(54)41(45(4,5)6)50-42(55)31(3)51(13)43(56)58-46(7,8)9)27-37-36-22-21-34(49)28-38(36)53(39(37)32-17-19-33(48)20-18-32)35-23-25-52(26-24-35)44(57)59-47(10,11)12/h17-22,28-29,31,35,41H,2,14-16,23-27H2,1,3-13H3,(H,50,55)/t29-,31-,41?/m0/s1. The van der Waals surface area contributed by atoms with Crippen LogP contribution in [0.25, 0.3) is 22.2 Å². The second-order valence-electron chi connectivity index (χ2n) is 19.3. The highest BCUT2D eigenvalue weighted by molar-refractivity contribution is 6.02. The molecular weight excluding hydrogens is 755 g/mol. The second kappa shape index (κ2) is 18.7. The number of ether oxygens (including phenoxy) is 2. The van der Waals surface area contributed by atoms with Crippen molar-refractivity contribution in [2.24, 2.45) is 11.3 Å². The fraction of sp³-hybridized carbons (Fsp3) is 0.574. The molecule has 59 heavy (non-hydrogen) atoms. The molecule has 1 aliphatic rings. The third-order valence-electron chi connectivity index (χ3n) is 10.8. The average Bonchev–Trinajstić information content (AvgIpc) is 3.43. The normalized spacial score (nSPS) is 15.7. The van der Waals surface area contributed by atoms with E-state index >= 15 is 4.39 Å². The number of halogens is 2. The summed E-state index contributed by atoms with van der Waals surface area (Å²) >= 11 is 0. The number of carbonyl (C=O) groups is 4. The summed E-state index contributed by atoms with van der Waals surface area (Å²) in [6.07, 6.45) is 2.75. The largest absolute Gasteiger partial charge is 0.444 e. The maximum absolute atomic E-state index is 15.0. The number of nitrogens with one attached hydrogen (secondary N) is 1. The Kier molecular flexibility index (Phi) is 14.9. The lowest BCUT2D eigenvalue weighted by Crippen LogP contribution is -2.55. The van der Waals surface area contributed by atoms with E-state index in [4.69, 9.17) is 9.47 Å². The van der Waals surface area contributed by atoms with Gasteiger partial charge in [0.1, 0.15) is 28.9 Å². The van der Waals surface area contributed by atoms with Crippen LogP contribution in [0.4, 0.5) is 18.4 Å². The summed E-state index contributed by atoms with van der Waals surface area (Å²) in [5.74, 6) is -1.30. The van der Waals surface area contributed by atoms with Crippen LogP contribution in [0.15, 0.2) is 54.6 Å². The number of fused-ring (bicyclic) bond motifs is 1. The molecule has 0 aliphatic carbocycles. The number of benzene rings is 2. The zero-order valence-corrected chi connectivity index (χ0v) is 37.3. The third-order valence-corrected chi connectivity index (χ3v) is 10.8. The molecule has 2 aromatic carbocycles. The molecule has 1 N–H and O–H groups in total. The van der Waals surface area contributed by atoms with Crippen LogP contribution in [0.5, 0.6) is 0 Å². The van der Waals surface area contributed by atoms with E-state index in [0.717, 1.165) is 34.1 Å². The number of piperidine rings is 1. The van der Waals surface area contributed by atoms with E-state index in [1.807, 2.05) is 47.6 Å². The predicted molar refractivity (Wildman–Crippen MR) is 229 cm³/mol. The molecule has 3 amide bonds. The Morgan fingerprint density at radius 1 is 0.881 bits per heavy atom. The number of likely N-dealkylation sites (tertiary alicyclic amines) is 1. The molecule has 0 saturated carbocycles. The molecule has 0 radical (unpaired) electrons. The van der Waals surface area contributed by atoms with E-state index in [0.29, 0.717) is 50.8 Å². The average molecular weight is 821 g/mol. The summed E-state index contributed by atoms with van der Waals surface area (Å²) in [4.78, 5) is 55.7. The van der Waals surface area contributed by atoms with Crippen LogP contribution in [-0.4, -0.2) is 81.7 Å². The number of Topliss-reactive ketones (excluding diaryl/α,β-unsaturated/α-hetero) is 1. The maximum atomic E-state index is 15.0. The zero-order valence-electron chi connectivity index (χ0n) is 37.3. The van der Waals surface area contributed by atoms with Gasteiger partial charge in [-0.2, -0.15) is 0 Å². The number of hydrogen-bond acceptors (Lipinski definition) is 6. The van der Waals surface area contributed by atoms with E-state index < -0.39 is 40.7 Å². The van der Waals surface area contributed by atoms with Gasteiger partial charge in [0, 0.05) is 31.6 Å². The Morgan fingerprint density at radius 3 is 2.02 bits per heavy atom. The van der Waals surface area contributed by atoms with Crippen LogP contribution < -0.4 is 5.32 Å². The highest BCUT2D eigenvalue weighted by Gasteiger charge is 2.37. The molecule has 1 saturated heterocycles. The summed E-state index contributed by atoms with van der Waals surface area (Å²) in [6, 6.07) is 9.45. The Bertz CT molecular complexity index is 2000. The molecule has 4 rings (SSSR count). The quantitative estimate of drug-likeness (QED) is 0.172. The molecule has 0 spiro atoms. The van der Waals surface area contributed by atoms with E-state index in [1.165, 1.54) is 30.1 Å². The number of rotatable bonds is 13. The number of hydrogen-bond donors (Lipinski definition) is 1. The monoisotopic (exact) mass is 820 g/mol.